The fraction of sp³-hybridized carbons (Fsp3) is 0.500. The Morgan fingerprint density at radius 3 is 2.87 bits per heavy atom. The molecular formula is C16H22N4O3. The molecule has 7 heteroatoms. The summed E-state index contributed by atoms with van der Waals surface area (Å²) >= 11 is 0. The van der Waals surface area contributed by atoms with Crippen molar-refractivity contribution in [3.8, 4) is 0 Å². The molecular weight excluding hydrogens is 296 g/mol. The van der Waals surface area contributed by atoms with Gasteiger partial charge in [0, 0.05) is 6.54 Å². The van der Waals surface area contributed by atoms with Crippen LogP contribution in [-0.2, 0) is 6.54 Å². The minimum atomic E-state index is -1.17. The number of nitrogens with one attached hydrogen (secondary N) is 2. The van der Waals surface area contributed by atoms with Crippen LogP contribution in [-0.4, -0.2) is 56.4 Å². The lowest BCUT2D eigenvalue weighted by Gasteiger charge is -2.21. The molecule has 2 aromatic rings. The van der Waals surface area contributed by atoms with Gasteiger partial charge in [0.05, 0.1) is 30.7 Å². The van der Waals surface area contributed by atoms with Gasteiger partial charge in [0.25, 0.3) is 0 Å². The van der Waals surface area contributed by atoms with Gasteiger partial charge in [0.1, 0.15) is 11.4 Å². The fourth-order valence-corrected chi connectivity index (χ4v) is 2.84. The van der Waals surface area contributed by atoms with Crippen molar-refractivity contribution in [3.63, 3.8) is 0 Å². The summed E-state index contributed by atoms with van der Waals surface area (Å²) in [7, 11) is 0. The summed E-state index contributed by atoms with van der Waals surface area (Å²) in [6.07, 6.45) is 0.389. The quantitative estimate of drug-likeness (QED) is 0.673. The molecule has 0 saturated carbocycles. The first-order chi connectivity index (χ1) is 10.9. The first kappa shape index (κ1) is 15.8. The van der Waals surface area contributed by atoms with Crippen LogP contribution in [0.15, 0.2) is 12.1 Å². The maximum absolute atomic E-state index is 12.1. The number of hydrogen-bond donors (Lipinski definition) is 4. The number of aryl methyl sites for hydroxylation is 2. The van der Waals surface area contributed by atoms with E-state index in [-0.39, 0.29) is 19.2 Å². The number of aromatic nitrogens is 2. The number of amides is 2. The summed E-state index contributed by atoms with van der Waals surface area (Å²) in [5, 5.41) is 21.9. The standard InChI is InChI=1S/C16H22N4O3/c1-10-5-12-13(6-11(10)2)19-14(18-12)7-17-15(22)20-4-3-16(23,8-20)9-21/h5-6,21,23H,3-4,7-9H2,1-2H3,(H,17,22)(H,18,19). The lowest BCUT2D eigenvalue weighted by molar-refractivity contribution is -0.00280. The van der Waals surface area contributed by atoms with Gasteiger partial charge in [-0.25, -0.2) is 9.78 Å². The number of β-amino-alcohol motifs (C(OH)–C–C–N with tert-alkyl or cyclic N) is 1. The number of H-pyrrole nitrogens is 1. The number of aliphatic hydroxyl groups is 2. The lowest BCUT2D eigenvalue weighted by atomic mass is 10.1. The number of aliphatic hydroxyl groups excluding tert-OH is 1. The Morgan fingerprint density at radius 1 is 1.43 bits per heavy atom. The molecule has 23 heavy (non-hydrogen) atoms. The van der Waals surface area contributed by atoms with Gasteiger partial charge < -0.3 is 25.4 Å². The zero-order chi connectivity index (χ0) is 16.6. The van der Waals surface area contributed by atoms with Crippen molar-refractivity contribution in [2.75, 3.05) is 19.7 Å². The van der Waals surface area contributed by atoms with Crippen LogP contribution in [0.3, 0.4) is 0 Å². The molecule has 7 nitrogen and oxygen atoms in total. The second-order valence-corrected chi connectivity index (χ2v) is 6.35. The minimum Gasteiger partial charge on any atom is -0.393 e. The number of fused-ring (bicyclic) bond motifs is 1. The third-order valence-electron chi connectivity index (χ3n) is 4.47. The molecule has 1 fully saturated rings. The van der Waals surface area contributed by atoms with Crippen molar-refractivity contribution in [3.05, 3.63) is 29.1 Å². The van der Waals surface area contributed by atoms with Crippen LogP contribution in [0.2, 0.25) is 0 Å². The third kappa shape index (κ3) is 3.16. The van der Waals surface area contributed by atoms with Gasteiger partial charge in [-0.05, 0) is 43.5 Å². The predicted octanol–water partition coefficient (Wildman–Crippen LogP) is 0.818. The number of rotatable bonds is 3. The van der Waals surface area contributed by atoms with E-state index in [0.29, 0.717) is 25.3 Å². The summed E-state index contributed by atoms with van der Waals surface area (Å²) in [4.78, 5) is 21.3. The van der Waals surface area contributed by atoms with E-state index in [1.807, 2.05) is 26.0 Å². The number of benzene rings is 1. The second-order valence-electron chi connectivity index (χ2n) is 6.35. The normalized spacial score (nSPS) is 21.1. The van der Waals surface area contributed by atoms with Crippen LogP contribution in [0, 0.1) is 13.8 Å². The highest BCUT2D eigenvalue weighted by Crippen LogP contribution is 2.20. The van der Waals surface area contributed by atoms with E-state index in [0.717, 1.165) is 11.0 Å². The second kappa shape index (κ2) is 5.82. The van der Waals surface area contributed by atoms with E-state index in [1.165, 1.54) is 16.0 Å². The summed E-state index contributed by atoms with van der Waals surface area (Å²) in [5.41, 5.74) is 3.03. The number of hydrogen-bond acceptors (Lipinski definition) is 4. The van der Waals surface area contributed by atoms with Gasteiger partial charge in [0.2, 0.25) is 0 Å². The number of imidazole rings is 1. The predicted molar refractivity (Wildman–Crippen MR) is 86.0 cm³/mol. The van der Waals surface area contributed by atoms with Crippen LogP contribution in [0.4, 0.5) is 4.79 Å². The number of urea groups is 1. The van der Waals surface area contributed by atoms with Gasteiger partial charge in [0.15, 0.2) is 0 Å². The smallest absolute Gasteiger partial charge is 0.317 e. The number of aromatic amines is 1. The van der Waals surface area contributed by atoms with Crippen molar-refractivity contribution in [1.82, 2.24) is 20.2 Å². The zero-order valence-electron chi connectivity index (χ0n) is 13.4. The fourth-order valence-electron chi connectivity index (χ4n) is 2.84. The van der Waals surface area contributed by atoms with Gasteiger partial charge in [-0.1, -0.05) is 0 Å². The molecule has 2 amide bonds. The zero-order valence-corrected chi connectivity index (χ0v) is 13.4. The maximum Gasteiger partial charge on any atom is 0.317 e. The molecule has 0 bridgehead atoms. The monoisotopic (exact) mass is 318 g/mol. The van der Waals surface area contributed by atoms with Gasteiger partial charge >= 0.3 is 6.03 Å². The molecule has 1 aliphatic rings. The highest BCUT2D eigenvalue weighted by Gasteiger charge is 2.37. The highest BCUT2D eigenvalue weighted by molar-refractivity contribution is 5.77. The van der Waals surface area contributed by atoms with Crippen LogP contribution in [0.25, 0.3) is 11.0 Å². The Morgan fingerprint density at radius 2 is 2.17 bits per heavy atom. The molecule has 0 spiro atoms. The van der Waals surface area contributed by atoms with Crippen LogP contribution in [0.5, 0.6) is 0 Å². The van der Waals surface area contributed by atoms with E-state index < -0.39 is 5.60 Å². The molecule has 124 valence electrons. The summed E-state index contributed by atoms with van der Waals surface area (Å²) < 4.78 is 0. The average Bonchev–Trinajstić information content (AvgIpc) is 3.09. The van der Waals surface area contributed by atoms with E-state index in [2.05, 4.69) is 15.3 Å². The summed E-state index contributed by atoms with van der Waals surface area (Å²) in [6, 6.07) is 3.81. The topological polar surface area (TPSA) is 101 Å². The molecule has 1 aromatic carbocycles. The van der Waals surface area contributed by atoms with E-state index >= 15 is 0 Å². The molecule has 2 heterocycles. The molecule has 4 N–H and O–H groups in total. The first-order valence-corrected chi connectivity index (χ1v) is 7.72. The van der Waals surface area contributed by atoms with Crippen molar-refractivity contribution in [2.45, 2.75) is 32.4 Å². The molecule has 0 aliphatic carbocycles. The Hall–Kier alpha value is -2.12. The van der Waals surface area contributed by atoms with Crippen molar-refractivity contribution in [1.29, 1.82) is 0 Å². The Labute approximate surface area is 134 Å². The largest absolute Gasteiger partial charge is 0.393 e. The van der Waals surface area contributed by atoms with Crippen molar-refractivity contribution >= 4 is 17.1 Å². The maximum atomic E-state index is 12.1. The van der Waals surface area contributed by atoms with Crippen LogP contribution in [0.1, 0.15) is 23.4 Å². The van der Waals surface area contributed by atoms with Crippen molar-refractivity contribution < 1.29 is 15.0 Å². The molecule has 3 rings (SSSR count). The molecule has 1 atom stereocenters. The third-order valence-corrected chi connectivity index (χ3v) is 4.47. The molecule has 1 aliphatic heterocycles. The van der Waals surface area contributed by atoms with Gasteiger partial charge in [-0.15, -0.1) is 0 Å². The summed E-state index contributed by atoms with van der Waals surface area (Å²) in [6.45, 7) is 4.63. The number of carbonyl (C=O) groups is 1. The summed E-state index contributed by atoms with van der Waals surface area (Å²) in [5.74, 6) is 0.690. The average molecular weight is 318 g/mol. The SMILES string of the molecule is Cc1cc2nc(CNC(=O)N3CCC(O)(CO)C3)[nH]c2cc1C. The first-order valence-electron chi connectivity index (χ1n) is 7.72. The number of likely N-dealkylation sites (tertiary alicyclic amines) is 1. The molecule has 0 radical (unpaired) electrons. The molecule has 1 unspecified atom stereocenters. The van der Waals surface area contributed by atoms with Crippen molar-refractivity contribution in [2.24, 2.45) is 0 Å². The Bertz CT molecular complexity index is 703. The Kier molecular flexibility index (Phi) is 3.99. The lowest BCUT2D eigenvalue weighted by Crippen LogP contribution is -2.42. The van der Waals surface area contributed by atoms with E-state index in [1.54, 1.807) is 0 Å². The van der Waals surface area contributed by atoms with E-state index in [4.69, 9.17) is 5.11 Å². The minimum absolute atomic E-state index is 0.147. The molecule has 1 aromatic heterocycles. The van der Waals surface area contributed by atoms with Gasteiger partial charge in [-0.2, -0.15) is 0 Å². The number of nitrogens with zero attached hydrogens (tertiary/aromatic N) is 2. The number of carbonyl (C=O) groups excluding carboxylic acids is 1. The Balaban J connectivity index is 1.63. The van der Waals surface area contributed by atoms with Gasteiger partial charge in [-0.3, -0.25) is 0 Å². The van der Waals surface area contributed by atoms with E-state index in [9.17, 15) is 9.90 Å². The highest BCUT2D eigenvalue weighted by atomic mass is 16.3. The van der Waals surface area contributed by atoms with Crippen LogP contribution >= 0.6 is 0 Å². The molecule has 1 saturated heterocycles. The van der Waals surface area contributed by atoms with Crippen LogP contribution < -0.4 is 5.32 Å².